The van der Waals surface area contributed by atoms with Gasteiger partial charge in [0, 0.05) is 30.1 Å². The van der Waals surface area contributed by atoms with Crippen LogP contribution in [0, 0.1) is 5.82 Å². The van der Waals surface area contributed by atoms with E-state index in [1.807, 2.05) is 39.1 Å². The van der Waals surface area contributed by atoms with Crippen molar-refractivity contribution in [1.82, 2.24) is 19.4 Å². The zero-order chi connectivity index (χ0) is 21.4. The van der Waals surface area contributed by atoms with Gasteiger partial charge in [-0.1, -0.05) is 12.1 Å². The number of piperidine rings is 1. The van der Waals surface area contributed by atoms with Crippen molar-refractivity contribution >= 4 is 28.3 Å². The first kappa shape index (κ1) is 19.7. The Kier molecular flexibility index (Phi) is 5.15. The highest BCUT2D eigenvalue weighted by molar-refractivity contribution is 7.13. The van der Waals surface area contributed by atoms with Crippen LogP contribution in [0.5, 0.6) is 0 Å². The van der Waals surface area contributed by atoms with Crippen molar-refractivity contribution in [2.24, 2.45) is 0 Å². The molecule has 1 fully saturated rings. The number of nitrogens with zero attached hydrogens (tertiary/aromatic N) is 3. The third-order valence-corrected chi connectivity index (χ3v) is 6.72. The molecule has 3 heterocycles. The van der Waals surface area contributed by atoms with Gasteiger partial charge in [0.1, 0.15) is 10.8 Å². The van der Waals surface area contributed by atoms with Gasteiger partial charge in [0.05, 0.1) is 23.1 Å². The number of H-pyrrole nitrogens is 1. The molecule has 2 aromatic carbocycles. The number of thiazole rings is 1. The van der Waals surface area contributed by atoms with Crippen LogP contribution in [0.1, 0.15) is 24.6 Å². The Morgan fingerprint density at radius 3 is 2.65 bits per heavy atom. The van der Waals surface area contributed by atoms with Gasteiger partial charge in [-0.25, -0.2) is 14.2 Å². The van der Waals surface area contributed by atoms with E-state index in [1.165, 1.54) is 23.5 Å². The maximum Gasteiger partial charge on any atom is 0.326 e. The smallest absolute Gasteiger partial charge is 0.326 e. The summed E-state index contributed by atoms with van der Waals surface area (Å²) in [6, 6.07) is 14.0. The quantitative estimate of drug-likeness (QED) is 0.526. The molecule has 1 saturated heterocycles. The third-order valence-electron chi connectivity index (χ3n) is 5.78. The van der Waals surface area contributed by atoms with Gasteiger partial charge >= 0.3 is 5.69 Å². The van der Waals surface area contributed by atoms with Crippen LogP contribution >= 0.6 is 11.3 Å². The number of amides is 1. The molecule has 5 rings (SSSR count). The molecule has 0 radical (unpaired) electrons. The van der Waals surface area contributed by atoms with Crippen molar-refractivity contribution in [2.45, 2.75) is 25.3 Å². The molecule has 0 aliphatic carbocycles. The number of aromatic nitrogens is 3. The Hall–Kier alpha value is -3.26. The van der Waals surface area contributed by atoms with E-state index in [0.717, 1.165) is 40.1 Å². The minimum atomic E-state index is -0.283. The van der Waals surface area contributed by atoms with E-state index in [0.29, 0.717) is 13.1 Å². The van der Waals surface area contributed by atoms with Gasteiger partial charge < -0.3 is 9.88 Å². The van der Waals surface area contributed by atoms with Gasteiger partial charge in [-0.15, -0.1) is 11.3 Å². The van der Waals surface area contributed by atoms with E-state index in [9.17, 15) is 14.0 Å². The molecule has 0 bridgehead atoms. The number of likely N-dealkylation sites (tertiary alicyclic amines) is 1. The third kappa shape index (κ3) is 3.90. The number of hydrogen-bond acceptors (Lipinski definition) is 4. The molecule has 0 atom stereocenters. The normalized spacial score (nSPS) is 14.9. The van der Waals surface area contributed by atoms with E-state index in [-0.39, 0.29) is 29.9 Å². The van der Waals surface area contributed by atoms with Crippen LogP contribution in [0.3, 0.4) is 0 Å². The Bertz CT molecular complexity index is 1280. The second-order valence-electron chi connectivity index (χ2n) is 7.76. The second-order valence-corrected chi connectivity index (χ2v) is 8.62. The van der Waals surface area contributed by atoms with Crippen LogP contribution in [-0.2, 0) is 11.2 Å². The van der Waals surface area contributed by atoms with E-state index in [2.05, 4.69) is 9.97 Å². The van der Waals surface area contributed by atoms with Crippen molar-refractivity contribution < 1.29 is 9.18 Å². The lowest BCUT2D eigenvalue weighted by molar-refractivity contribution is -0.131. The van der Waals surface area contributed by atoms with E-state index in [1.54, 1.807) is 12.1 Å². The molecule has 0 spiro atoms. The van der Waals surface area contributed by atoms with Gasteiger partial charge in [-0.05, 0) is 49.2 Å². The lowest BCUT2D eigenvalue weighted by atomic mass is 10.0. The topological polar surface area (TPSA) is 71.0 Å². The van der Waals surface area contributed by atoms with Crippen molar-refractivity contribution in [3.63, 3.8) is 0 Å². The van der Waals surface area contributed by atoms with Gasteiger partial charge in [-0.2, -0.15) is 0 Å². The predicted octanol–water partition coefficient (Wildman–Crippen LogP) is 4.00. The molecule has 1 aliphatic rings. The van der Waals surface area contributed by atoms with Crippen LogP contribution in [0.15, 0.2) is 58.7 Å². The van der Waals surface area contributed by atoms with Crippen molar-refractivity contribution in [3.05, 3.63) is 75.9 Å². The standard InChI is InChI=1S/C23H21FN4O2S/c24-16-7-5-15(6-8-16)22-25-17(14-31-22)13-21(29)27-11-9-18(10-12-27)28-20-4-2-1-3-19(20)26-23(28)30/h1-8,14,18H,9-13H2,(H,26,30). The Morgan fingerprint density at radius 2 is 1.87 bits per heavy atom. The molecule has 0 saturated carbocycles. The fourth-order valence-electron chi connectivity index (χ4n) is 4.19. The zero-order valence-corrected chi connectivity index (χ0v) is 17.6. The number of rotatable bonds is 4. The number of benzene rings is 2. The maximum atomic E-state index is 13.1. The molecule has 2 aromatic heterocycles. The second kappa shape index (κ2) is 8.11. The minimum Gasteiger partial charge on any atom is -0.342 e. The fourth-order valence-corrected chi connectivity index (χ4v) is 5.02. The van der Waals surface area contributed by atoms with Crippen LogP contribution in [0.25, 0.3) is 21.6 Å². The molecule has 1 amide bonds. The lowest BCUT2D eigenvalue weighted by Crippen LogP contribution is -2.41. The SMILES string of the molecule is O=C(Cc1csc(-c2ccc(F)cc2)n1)N1CCC(n2c(=O)[nH]c3ccccc32)CC1. The van der Waals surface area contributed by atoms with Gasteiger partial charge in [0.2, 0.25) is 5.91 Å². The molecular weight excluding hydrogens is 415 g/mol. The molecular formula is C23H21FN4O2S. The molecule has 4 aromatic rings. The number of fused-ring (bicyclic) bond motifs is 1. The summed E-state index contributed by atoms with van der Waals surface area (Å²) in [4.78, 5) is 34.5. The van der Waals surface area contributed by atoms with Crippen LogP contribution in [0.2, 0.25) is 0 Å². The first-order chi connectivity index (χ1) is 15.1. The summed E-state index contributed by atoms with van der Waals surface area (Å²) < 4.78 is 14.9. The summed E-state index contributed by atoms with van der Waals surface area (Å²) in [5.41, 5.74) is 3.22. The lowest BCUT2D eigenvalue weighted by Gasteiger charge is -2.32. The highest BCUT2D eigenvalue weighted by Gasteiger charge is 2.26. The Labute approximate surface area is 182 Å². The van der Waals surface area contributed by atoms with Crippen molar-refractivity contribution in [1.29, 1.82) is 0 Å². The molecule has 1 N–H and O–H groups in total. The summed E-state index contributed by atoms with van der Waals surface area (Å²) >= 11 is 1.45. The van der Waals surface area contributed by atoms with Crippen LogP contribution in [-0.4, -0.2) is 38.4 Å². The number of imidazole rings is 1. The van der Waals surface area contributed by atoms with E-state index >= 15 is 0 Å². The number of aromatic amines is 1. The highest BCUT2D eigenvalue weighted by atomic mass is 32.1. The molecule has 31 heavy (non-hydrogen) atoms. The maximum absolute atomic E-state index is 13.1. The molecule has 6 nitrogen and oxygen atoms in total. The average molecular weight is 437 g/mol. The summed E-state index contributed by atoms with van der Waals surface area (Å²) in [6.07, 6.45) is 1.73. The van der Waals surface area contributed by atoms with Crippen molar-refractivity contribution in [3.8, 4) is 10.6 Å². The summed E-state index contributed by atoms with van der Waals surface area (Å²) in [7, 11) is 0. The molecule has 158 valence electrons. The first-order valence-electron chi connectivity index (χ1n) is 10.3. The molecule has 8 heteroatoms. The largest absolute Gasteiger partial charge is 0.342 e. The van der Waals surface area contributed by atoms with Crippen LogP contribution < -0.4 is 5.69 Å². The monoisotopic (exact) mass is 436 g/mol. The minimum absolute atomic E-state index is 0.0423. The van der Waals surface area contributed by atoms with Gasteiger partial charge in [0.25, 0.3) is 0 Å². The van der Waals surface area contributed by atoms with Crippen molar-refractivity contribution in [2.75, 3.05) is 13.1 Å². The zero-order valence-electron chi connectivity index (χ0n) is 16.8. The number of halogens is 1. The first-order valence-corrected chi connectivity index (χ1v) is 11.1. The van der Waals surface area contributed by atoms with E-state index in [4.69, 9.17) is 0 Å². The number of hydrogen-bond donors (Lipinski definition) is 1. The van der Waals surface area contributed by atoms with Gasteiger partial charge in [0.15, 0.2) is 0 Å². The average Bonchev–Trinajstić information content (AvgIpc) is 3.38. The Balaban J connectivity index is 1.23. The number of nitrogens with one attached hydrogen (secondary N) is 1. The molecule has 1 aliphatic heterocycles. The number of para-hydroxylation sites is 2. The molecule has 0 unspecified atom stereocenters. The highest BCUT2D eigenvalue weighted by Crippen LogP contribution is 2.27. The number of carbonyl (C=O) groups is 1. The fraction of sp³-hybridized carbons (Fsp3) is 0.261. The van der Waals surface area contributed by atoms with Crippen LogP contribution in [0.4, 0.5) is 4.39 Å². The summed E-state index contributed by atoms with van der Waals surface area (Å²) in [5, 5.41) is 2.66. The predicted molar refractivity (Wildman–Crippen MR) is 119 cm³/mol. The van der Waals surface area contributed by atoms with Gasteiger partial charge in [-0.3, -0.25) is 9.36 Å². The Morgan fingerprint density at radius 1 is 1.13 bits per heavy atom. The summed E-state index contributed by atoms with van der Waals surface area (Å²) in [5.74, 6) is -0.241. The van der Waals surface area contributed by atoms with E-state index < -0.39 is 0 Å². The summed E-state index contributed by atoms with van der Waals surface area (Å²) in [6.45, 7) is 1.23. The number of carbonyl (C=O) groups excluding carboxylic acids is 1.